The second-order valence-corrected chi connectivity index (χ2v) is 4.78. The maximum Gasteiger partial charge on any atom is 0.294 e. The van der Waals surface area contributed by atoms with Crippen molar-refractivity contribution in [1.82, 2.24) is 0 Å². The standard InChI is InChI=1S/C10H9NO4S/c11-9-4-1-6-5-7(16(13,14)15)2-3-8(6)10(9)12/h1-5,12H,11H2,(H,13,14,15). The van der Waals surface area contributed by atoms with Crippen LogP contribution in [0.25, 0.3) is 10.8 Å². The summed E-state index contributed by atoms with van der Waals surface area (Å²) in [4.78, 5) is -0.218. The minimum atomic E-state index is -4.23. The van der Waals surface area contributed by atoms with Crippen LogP contribution in [-0.4, -0.2) is 18.1 Å². The van der Waals surface area contributed by atoms with Gasteiger partial charge in [-0.2, -0.15) is 8.42 Å². The molecule has 0 unspecified atom stereocenters. The first-order chi connectivity index (χ1) is 7.39. The van der Waals surface area contributed by atoms with E-state index in [0.717, 1.165) is 0 Å². The lowest BCUT2D eigenvalue weighted by molar-refractivity contribution is 0.481. The quantitative estimate of drug-likeness (QED) is 0.396. The first-order valence-corrected chi connectivity index (χ1v) is 5.82. The lowest BCUT2D eigenvalue weighted by atomic mass is 10.1. The largest absolute Gasteiger partial charge is 0.505 e. The van der Waals surface area contributed by atoms with Crippen molar-refractivity contribution in [1.29, 1.82) is 0 Å². The summed E-state index contributed by atoms with van der Waals surface area (Å²) in [6.07, 6.45) is 0. The van der Waals surface area contributed by atoms with Crippen LogP contribution in [-0.2, 0) is 10.1 Å². The van der Waals surface area contributed by atoms with E-state index >= 15 is 0 Å². The summed E-state index contributed by atoms with van der Waals surface area (Å²) in [5.41, 5.74) is 5.71. The first kappa shape index (κ1) is 10.7. The Morgan fingerprint density at radius 1 is 1.12 bits per heavy atom. The highest BCUT2D eigenvalue weighted by Gasteiger charge is 2.11. The molecule has 16 heavy (non-hydrogen) atoms. The smallest absolute Gasteiger partial charge is 0.294 e. The van der Waals surface area contributed by atoms with Crippen molar-refractivity contribution in [2.45, 2.75) is 4.90 Å². The average molecular weight is 239 g/mol. The number of nitrogen functional groups attached to an aromatic ring is 1. The Morgan fingerprint density at radius 2 is 1.81 bits per heavy atom. The van der Waals surface area contributed by atoms with Crippen LogP contribution in [0.3, 0.4) is 0 Å². The predicted molar refractivity (Wildman–Crippen MR) is 59.8 cm³/mol. The van der Waals surface area contributed by atoms with Gasteiger partial charge in [0.05, 0.1) is 10.6 Å². The zero-order valence-corrected chi connectivity index (χ0v) is 8.90. The molecule has 0 spiro atoms. The number of hydrogen-bond donors (Lipinski definition) is 3. The molecule has 0 amide bonds. The summed E-state index contributed by atoms with van der Waals surface area (Å²) in [5, 5.41) is 10.5. The lowest BCUT2D eigenvalue weighted by Crippen LogP contribution is -1.97. The summed E-state index contributed by atoms with van der Waals surface area (Å²) in [5.74, 6) is -0.0978. The zero-order valence-electron chi connectivity index (χ0n) is 8.08. The molecule has 84 valence electrons. The SMILES string of the molecule is Nc1ccc2cc(S(=O)(=O)O)ccc2c1O. The molecule has 0 heterocycles. The third-order valence-electron chi connectivity index (χ3n) is 2.29. The van der Waals surface area contributed by atoms with E-state index in [2.05, 4.69) is 0 Å². The van der Waals surface area contributed by atoms with Crippen molar-refractivity contribution in [3.8, 4) is 5.75 Å². The molecule has 0 aliphatic rings. The van der Waals surface area contributed by atoms with Gasteiger partial charge in [0.25, 0.3) is 10.1 Å². The zero-order chi connectivity index (χ0) is 11.9. The first-order valence-electron chi connectivity index (χ1n) is 4.38. The minimum Gasteiger partial charge on any atom is -0.505 e. The highest BCUT2D eigenvalue weighted by molar-refractivity contribution is 7.85. The van der Waals surface area contributed by atoms with E-state index in [1.165, 1.54) is 24.3 Å². The molecule has 2 aromatic carbocycles. The van der Waals surface area contributed by atoms with Gasteiger partial charge in [-0.25, -0.2) is 0 Å². The van der Waals surface area contributed by atoms with Crippen LogP contribution < -0.4 is 5.73 Å². The Balaban J connectivity index is 2.80. The fourth-order valence-corrected chi connectivity index (χ4v) is 1.98. The molecule has 0 radical (unpaired) electrons. The molecule has 4 N–H and O–H groups in total. The topological polar surface area (TPSA) is 101 Å². The molecule has 0 atom stereocenters. The van der Waals surface area contributed by atoms with Crippen LogP contribution in [0.1, 0.15) is 0 Å². The highest BCUT2D eigenvalue weighted by atomic mass is 32.2. The van der Waals surface area contributed by atoms with E-state index in [9.17, 15) is 13.5 Å². The Morgan fingerprint density at radius 3 is 2.44 bits per heavy atom. The van der Waals surface area contributed by atoms with Crippen molar-refractivity contribution in [2.75, 3.05) is 5.73 Å². The Hall–Kier alpha value is -1.79. The minimum absolute atomic E-state index is 0.0978. The molecular weight excluding hydrogens is 230 g/mol. The molecule has 0 aliphatic carbocycles. The molecule has 0 saturated carbocycles. The van der Waals surface area contributed by atoms with E-state index in [0.29, 0.717) is 10.8 Å². The summed E-state index contributed by atoms with van der Waals surface area (Å²) in [6.45, 7) is 0. The molecule has 0 fully saturated rings. The maximum absolute atomic E-state index is 10.9. The van der Waals surface area contributed by atoms with Crippen LogP contribution in [0, 0.1) is 0 Å². The second kappa shape index (κ2) is 3.36. The number of rotatable bonds is 1. The summed E-state index contributed by atoms with van der Waals surface area (Å²) in [7, 11) is -4.23. The fourth-order valence-electron chi connectivity index (χ4n) is 1.47. The van der Waals surface area contributed by atoms with Crippen molar-refractivity contribution >= 4 is 26.6 Å². The van der Waals surface area contributed by atoms with Crippen LogP contribution in [0.15, 0.2) is 35.2 Å². The predicted octanol–water partition coefficient (Wildman–Crippen LogP) is 1.37. The van der Waals surface area contributed by atoms with Gasteiger partial charge in [0.2, 0.25) is 0 Å². The number of nitrogens with two attached hydrogens (primary N) is 1. The van der Waals surface area contributed by atoms with E-state index in [1.54, 1.807) is 6.07 Å². The average Bonchev–Trinajstić information content (AvgIpc) is 2.22. The van der Waals surface area contributed by atoms with Crippen molar-refractivity contribution in [3.05, 3.63) is 30.3 Å². The van der Waals surface area contributed by atoms with E-state index < -0.39 is 10.1 Å². The number of phenolic OH excluding ortho intramolecular Hbond substituents is 1. The molecule has 0 aromatic heterocycles. The molecule has 5 nitrogen and oxygen atoms in total. The molecule has 0 aliphatic heterocycles. The van der Waals surface area contributed by atoms with Gasteiger partial charge >= 0.3 is 0 Å². The van der Waals surface area contributed by atoms with Gasteiger partial charge in [-0.3, -0.25) is 4.55 Å². The van der Waals surface area contributed by atoms with Crippen LogP contribution in [0.5, 0.6) is 5.75 Å². The maximum atomic E-state index is 10.9. The molecular formula is C10H9NO4S. The fraction of sp³-hybridized carbons (Fsp3) is 0. The number of benzene rings is 2. The van der Waals surface area contributed by atoms with E-state index in [1.807, 2.05) is 0 Å². The third-order valence-corrected chi connectivity index (χ3v) is 3.14. The van der Waals surface area contributed by atoms with E-state index in [-0.39, 0.29) is 16.3 Å². The van der Waals surface area contributed by atoms with Crippen LogP contribution in [0.2, 0.25) is 0 Å². The Kier molecular flexibility index (Phi) is 2.25. The summed E-state index contributed by atoms with van der Waals surface area (Å²) >= 11 is 0. The monoisotopic (exact) mass is 239 g/mol. The molecule has 2 aromatic rings. The van der Waals surface area contributed by atoms with Gasteiger partial charge in [0.15, 0.2) is 0 Å². The molecule has 0 bridgehead atoms. The summed E-state index contributed by atoms with van der Waals surface area (Å²) < 4.78 is 30.7. The Bertz CT molecular complexity index is 664. The van der Waals surface area contributed by atoms with Gasteiger partial charge in [0.1, 0.15) is 5.75 Å². The second-order valence-electron chi connectivity index (χ2n) is 3.36. The molecule has 6 heteroatoms. The normalized spacial score (nSPS) is 11.8. The van der Waals surface area contributed by atoms with Gasteiger partial charge in [-0.05, 0) is 29.7 Å². The van der Waals surface area contributed by atoms with Gasteiger partial charge in [0, 0.05) is 5.39 Å². The number of fused-ring (bicyclic) bond motifs is 1. The number of phenols is 1. The Labute approximate surface area is 91.9 Å². The summed E-state index contributed by atoms with van der Waals surface area (Å²) in [6, 6.07) is 6.90. The lowest BCUT2D eigenvalue weighted by Gasteiger charge is -2.05. The van der Waals surface area contributed by atoms with Crippen LogP contribution >= 0.6 is 0 Å². The third kappa shape index (κ3) is 1.68. The van der Waals surface area contributed by atoms with Gasteiger partial charge < -0.3 is 10.8 Å². The van der Waals surface area contributed by atoms with E-state index in [4.69, 9.17) is 10.3 Å². The van der Waals surface area contributed by atoms with Crippen molar-refractivity contribution in [3.63, 3.8) is 0 Å². The van der Waals surface area contributed by atoms with Crippen molar-refractivity contribution < 1.29 is 18.1 Å². The highest BCUT2D eigenvalue weighted by Crippen LogP contribution is 2.31. The molecule has 0 saturated heterocycles. The van der Waals surface area contributed by atoms with Gasteiger partial charge in [-0.15, -0.1) is 0 Å². The van der Waals surface area contributed by atoms with Gasteiger partial charge in [-0.1, -0.05) is 6.07 Å². The number of anilines is 1. The van der Waals surface area contributed by atoms with Crippen molar-refractivity contribution in [2.24, 2.45) is 0 Å². The number of aromatic hydroxyl groups is 1. The molecule has 2 rings (SSSR count). The number of hydrogen-bond acceptors (Lipinski definition) is 4. The van der Waals surface area contributed by atoms with Crippen LogP contribution in [0.4, 0.5) is 5.69 Å².